The molecule has 0 bridgehead atoms. The van der Waals surface area contributed by atoms with Crippen LogP contribution in [-0.2, 0) is 0 Å². The first-order valence-electron chi connectivity index (χ1n) is 10.9. The van der Waals surface area contributed by atoms with Crippen molar-refractivity contribution in [1.82, 2.24) is 5.01 Å². The third-order valence-corrected chi connectivity index (χ3v) is 5.95. The number of hydrogen-bond acceptors (Lipinski definition) is 6. The van der Waals surface area contributed by atoms with E-state index in [9.17, 15) is 4.39 Å². The van der Waals surface area contributed by atoms with E-state index < -0.39 is 6.23 Å². The van der Waals surface area contributed by atoms with Crippen molar-refractivity contribution in [3.8, 4) is 23.0 Å². The maximum Gasteiger partial charge on any atom is 0.214 e. The molecular formula is C26H25FN2O4. The number of rotatable bonds is 6. The van der Waals surface area contributed by atoms with Crippen LogP contribution in [0.15, 0.2) is 65.8 Å². The fraction of sp³-hybridized carbons (Fsp3) is 0.269. The van der Waals surface area contributed by atoms with E-state index in [2.05, 4.69) is 0 Å². The second kappa shape index (κ2) is 8.65. The molecule has 33 heavy (non-hydrogen) atoms. The summed E-state index contributed by atoms with van der Waals surface area (Å²) in [4.78, 5) is 0. The highest BCUT2D eigenvalue weighted by Crippen LogP contribution is 2.51. The number of nitrogens with zero attached hydrogens (tertiary/aromatic N) is 2. The highest BCUT2D eigenvalue weighted by atomic mass is 19.1. The summed E-state index contributed by atoms with van der Waals surface area (Å²) in [6, 6.07) is 18.0. The normalized spacial score (nSPS) is 18.7. The molecule has 0 saturated heterocycles. The number of fused-ring (bicyclic) bond motifs is 3. The number of hydrazone groups is 1. The van der Waals surface area contributed by atoms with Gasteiger partial charge in [0.15, 0.2) is 23.0 Å². The largest absolute Gasteiger partial charge is 0.493 e. The van der Waals surface area contributed by atoms with E-state index >= 15 is 0 Å². The second-order valence-corrected chi connectivity index (χ2v) is 7.85. The third-order valence-electron chi connectivity index (χ3n) is 5.95. The first-order valence-corrected chi connectivity index (χ1v) is 10.9. The van der Waals surface area contributed by atoms with Crippen LogP contribution in [0.25, 0.3) is 0 Å². The minimum atomic E-state index is -0.498. The molecule has 2 aliphatic rings. The minimum absolute atomic E-state index is 0.0488. The molecule has 2 atom stereocenters. The molecule has 3 aromatic carbocycles. The zero-order valence-corrected chi connectivity index (χ0v) is 18.7. The van der Waals surface area contributed by atoms with E-state index in [1.807, 2.05) is 48.3 Å². The monoisotopic (exact) mass is 448 g/mol. The summed E-state index contributed by atoms with van der Waals surface area (Å²) in [5.74, 6) is 2.40. The van der Waals surface area contributed by atoms with Crippen LogP contribution >= 0.6 is 0 Å². The molecule has 0 amide bonds. The topological polar surface area (TPSA) is 52.5 Å². The lowest BCUT2D eigenvalue weighted by Gasteiger charge is -2.38. The van der Waals surface area contributed by atoms with Gasteiger partial charge in [-0.2, -0.15) is 5.10 Å². The molecule has 2 heterocycles. The van der Waals surface area contributed by atoms with Gasteiger partial charge < -0.3 is 18.9 Å². The van der Waals surface area contributed by atoms with E-state index in [0.717, 1.165) is 28.2 Å². The lowest BCUT2D eigenvalue weighted by Crippen LogP contribution is -2.34. The molecule has 0 spiro atoms. The smallest absolute Gasteiger partial charge is 0.214 e. The van der Waals surface area contributed by atoms with E-state index in [-0.39, 0.29) is 11.9 Å². The van der Waals surface area contributed by atoms with E-state index in [1.54, 1.807) is 26.4 Å². The first-order chi connectivity index (χ1) is 16.1. The highest BCUT2D eigenvalue weighted by molar-refractivity contribution is 6.02. The van der Waals surface area contributed by atoms with E-state index in [1.165, 1.54) is 12.1 Å². The van der Waals surface area contributed by atoms with Gasteiger partial charge in [-0.3, -0.25) is 0 Å². The number of hydrogen-bond donors (Lipinski definition) is 0. The molecular weight excluding hydrogens is 423 g/mol. The van der Waals surface area contributed by atoms with Gasteiger partial charge >= 0.3 is 0 Å². The Morgan fingerprint density at radius 1 is 1.00 bits per heavy atom. The van der Waals surface area contributed by atoms with Crippen molar-refractivity contribution >= 4 is 5.71 Å². The van der Waals surface area contributed by atoms with Crippen LogP contribution in [0.1, 0.15) is 42.3 Å². The van der Waals surface area contributed by atoms with Gasteiger partial charge in [0.05, 0.1) is 32.6 Å². The zero-order chi connectivity index (χ0) is 22.9. The SMILES string of the molecule is CCOc1cccc2c1O[C@H](c1ccc(OC)c(OC)c1)N1N=C(c3ccc(F)cc3)C[C@H]21. The molecule has 0 radical (unpaired) electrons. The van der Waals surface area contributed by atoms with Crippen molar-refractivity contribution in [3.63, 3.8) is 0 Å². The number of para-hydroxylation sites is 1. The van der Waals surface area contributed by atoms with Crippen LogP contribution in [-0.4, -0.2) is 31.5 Å². The number of methoxy groups -OCH3 is 2. The van der Waals surface area contributed by atoms with Gasteiger partial charge in [-0.25, -0.2) is 9.40 Å². The standard InChI is InChI=1S/C26H25FN2O4/c1-4-32-23-7-5-6-19-21-15-20(16-8-11-18(27)12-9-16)28-29(21)26(33-25(19)23)17-10-13-22(30-2)24(14-17)31-3/h5-14,21,26H,4,15H2,1-3H3/t21-,26-/m1/s1. The van der Waals surface area contributed by atoms with Gasteiger partial charge in [-0.05, 0) is 48.9 Å². The maximum absolute atomic E-state index is 13.5. The lowest BCUT2D eigenvalue weighted by molar-refractivity contribution is -0.0213. The highest BCUT2D eigenvalue weighted by Gasteiger charge is 2.42. The Labute approximate surface area is 192 Å². The molecule has 6 nitrogen and oxygen atoms in total. The Balaban J connectivity index is 1.61. The summed E-state index contributed by atoms with van der Waals surface area (Å²) in [7, 11) is 3.21. The number of benzene rings is 3. The van der Waals surface area contributed by atoms with Crippen LogP contribution in [0.4, 0.5) is 4.39 Å². The fourth-order valence-electron chi connectivity index (χ4n) is 4.40. The van der Waals surface area contributed by atoms with Crippen molar-refractivity contribution in [3.05, 3.63) is 83.2 Å². The summed E-state index contributed by atoms with van der Waals surface area (Å²) in [6.45, 7) is 2.48. The van der Waals surface area contributed by atoms with E-state index in [4.69, 9.17) is 24.0 Å². The molecule has 0 fully saturated rings. The molecule has 0 saturated carbocycles. The van der Waals surface area contributed by atoms with Gasteiger partial charge in [-0.15, -0.1) is 0 Å². The Bertz CT molecular complexity index is 1200. The Morgan fingerprint density at radius 3 is 2.52 bits per heavy atom. The first kappa shape index (κ1) is 21.1. The molecule has 2 aliphatic heterocycles. The number of ether oxygens (including phenoxy) is 4. The van der Waals surface area contributed by atoms with Gasteiger partial charge in [0.25, 0.3) is 0 Å². The van der Waals surface area contributed by atoms with Gasteiger partial charge in [-0.1, -0.05) is 24.3 Å². The van der Waals surface area contributed by atoms with Crippen molar-refractivity contribution in [1.29, 1.82) is 0 Å². The van der Waals surface area contributed by atoms with Crippen LogP contribution in [0, 0.1) is 5.82 Å². The molecule has 0 unspecified atom stereocenters. The Kier molecular flexibility index (Phi) is 5.54. The molecule has 7 heteroatoms. The second-order valence-electron chi connectivity index (χ2n) is 7.85. The summed E-state index contributed by atoms with van der Waals surface area (Å²) in [6.07, 6.45) is 0.170. The predicted octanol–water partition coefficient (Wildman–Crippen LogP) is 5.48. The maximum atomic E-state index is 13.5. The Hall–Kier alpha value is -3.74. The summed E-state index contributed by atoms with van der Waals surface area (Å²) < 4.78 is 36.8. The summed E-state index contributed by atoms with van der Waals surface area (Å²) >= 11 is 0. The molecule has 0 aliphatic carbocycles. The predicted molar refractivity (Wildman–Crippen MR) is 123 cm³/mol. The average molecular weight is 448 g/mol. The molecule has 3 aromatic rings. The van der Waals surface area contributed by atoms with Gasteiger partial charge in [0, 0.05) is 17.5 Å². The lowest BCUT2D eigenvalue weighted by atomic mass is 9.95. The molecule has 0 aromatic heterocycles. The minimum Gasteiger partial charge on any atom is -0.493 e. The summed E-state index contributed by atoms with van der Waals surface area (Å²) in [5.41, 5.74) is 3.65. The van der Waals surface area contributed by atoms with Gasteiger partial charge in [0.1, 0.15) is 5.82 Å². The number of halogens is 1. The van der Waals surface area contributed by atoms with Crippen molar-refractivity contribution in [2.45, 2.75) is 25.6 Å². The quantitative estimate of drug-likeness (QED) is 0.500. The molecule has 5 rings (SSSR count). The van der Waals surface area contributed by atoms with Crippen LogP contribution < -0.4 is 18.9 Å². The Morgan fingerprint density at radius 2 is 1.79 bits per heavy atom. The average Bonchev–Trinajstić information content (AvgIpc) is 3.30. The van der Waals surface area contributed by atoms with Crippen LogP contribution in [0.5, 0.6) is 23.0 Å². The molecule has 0 N–H and O–H groups in total. The van der Waals surface area contributed by atoms with Crippen molar-refractivity contribution in [2.24, 2.45) is 5.10 Å². The van der Waals surface area contributed by atoms with Crippen LogP contribution in [0.3, 0.4) is 0 Å². The summed E-state index contributed by atoms with van der Waals surface area (Å²) in [5, 5.41) is 6.90. The van der Waals surface area contributed by atoms with E-state index in [0.29, 0.717) is 30.3 Å². The zero-order valence-electron chi connectivity index (χ0n) is 18.7. The third kappa shape index (κ3) is 3.73. The van der Waals surface area contributed by atoms with Crippen molar-refractivity contribution < 1.29 is 23.3 Å². The molecule has 170 valence electrons. The van der Waals surface area contributed by atoms with Crippen LogP contribution in [0.2, 0.25) is 0 Å². The van der Waals surface area contributed by atoms with Crippen molar-refractivity contribution in [2.75, 3.05) is 20.8 Å². The fourth-order valence-corrected chi connectivity index (χ4v) is 4.40. The van der Waals surface area contributed by atoms with Gasteiger partial charge in [0.2, 0.25) is 6.23 Å².